The molecule has 2 atom stereocenters. The van der Waals surface area contributed by atoms with Gasteiger partial charge >= 0.3 is 0 Å². The van der Waals surface area contributed by atoms with Crippen LogP contribution in [-0.4, -0.2) is 77.4 Å². The SMILES string of the molecule is Cc1ccnn1CC(=O)N1C[C@H]2CC[C@@H]1CN(S(=O)(=O)N(C)C)C2. The monoisotopic (exact) mass is 355 g/mol. The van der Waals surface area contributed by atoms with Crippen molar-refractivity contribution in [3.8, 4) is 0 Å². The van der Waals surface area contributed by atoms with Gasteiger partial charge in [0.1, 0.15) is 6.54 Å². The molecule has 4 rings (SSSR count). The highest BCUT2D eigenvalue weighted by Gasteiger charge is 2.41. The molecule has 0 unspecified atom stereocenters. The average Bonchev–Trinajstić information content (AvgIpc) is 2.76. The van der Waals surface area contributed by atoms with Crippen molar-refractivity contribution in [3.05, 3.63) is 18.0 Å². The number of fused-ring (bicyclic) bond motifs is 4. The molecule has 3 saturated heterocycles. The zero-order chi connectivity index (χ0) is 17.5. The summed E-state index contributed by atoms with van der Waals surface area (Å²) in [4.78, 5) is 14.6. The number of hydrogen-bond donors (Lipinski definition) is 0. The van der Waals surface area contributed by atoms with E-state index >= 15 is 0 Å². The Bertz CT molecular complexity index is 714. The van der Waals surface area contributed by atoms with E-state index in [0.29, 0.717) is 19.6 Å². The molecule has 3 aliphatic rings. The lowest BCUT2D eigenvalue weighted by Gasteiger charge is -2.36. The molecule has 3 aliphatic heterocycles. The second kappa shape index (κ2) is 6.45. The van der Waals surface area contributed by atoms with Crippen molar-refractivity contribution in [3.63, 3.8) is 0 Å². The summed E-state index contributed by atoms with van der Waals surface area (Å²) in [6.07, 6.45) is 3.51. The minimum atomic E-state index is -3.44. The topological polar surface area (TPSA) is 78.8 Å². The zero-order valence-electron chi connectivity index (χ0n) is 14.4. The van der Waals surface area contributed by atoms with E-state index in [0.717, 1.165) is 18.5 Å². The quantitative estimate of drug-likeness (QED) is 0.757. The number of amides is 1. The smallest absolute Gasteiger partial charge is 0.281 e. The van der Waals surface area contributed by atoms with Gasteiger partial charge < -0.3 is 4.90 Å². The van der Waals surface area contributed by atoms with E-state index < -0.39 is 10.2 Å². The van der Waals surface area contributed by atoms with Crippen LogP contribution in [0, 0.1) is 12.8 Å². The Morgan fingerprint density at radius 2 is 2.04 bits per heavy atom. The molecule has 24 heavy (non-hydrogen) atoms. The molecule has 0 aliphatic carbocycles. The molecule has 134 valence electrons. The number of aromatic nitrogens is 2. The second-order valence-corrected chi connectivity index (χ2v) is 9.02. The fraction of sp³-hybridized carbons (Fsp3) is 0.733. The van der Waals surface area contributed by atoms with Crippen molar-refractivity contribution < 1.29 is 13.2 Å². The van der Waals surface area contributed by atoms with E-state index in [4.69, 9.17) is 0 Å². The largest absolute Gasteiger partial charge is 0.336 e. The van der Waals surface area contributed by atoms with Gasteiger partial charge in [-0.1, -0.05) is 0 Å². The molecule has 4 heterocycles. The van der Waals surface area contributed by atoms with Gasteiger partial charge in [-0.3, -0.25) is 9.48 Å². The molecule has 1 amide bonds. The normalized spacial score (nSPS) is 25.2. The van der Waals surface area contributed by atoms with E-state index in [2.05, 4.69) is 5.10 Å². The molecule has 2 bridgehead atoms. The molecule has 8 nitrogen and oxygen atoms in total. The van der Waals surface area contributed by atoms with Crippen LogP contribution in [0.15, 0.2) is 12.3 Å². The maximum absolute atomic E-state index is 12.7. The van der Waals surface area contributed by atoms with E-state index in [-0.39, 0.29) is 24.4 Å². The predicted molar refractivity (Wildman–Crippen MR) is 89.4 cm³/mol. The van der Waals surface area contributed by atoms with Crippen molar-refractivity contribution in [2.45, 2.75) is 32.4 Å². The van der Waals surface area contributed by atoms with Crippen LogP contribution in [0.5, 0.6) is 0 Å². The minimum Gasteiger partial charge on any atom is -0.336 e. The minimum absolute atomic E-state index is 0.0144. The number of rotatable bonds is 4. The lowest BCUT2D eigenvalue weighted by atomic mass is 9.95. The molecule has 0 aromatic carbocycles. The number of aryl methyl sites for hydroxylation is 1. The Labute approximate surface area is 143 Å². The predicted octanol–water partition coefficient (Wildman–Crippen LogP) is -0.0793. The summed E-state index contributed by atoms with van der Waals surface area (Å²) in [7, 11) is -0.349. The van der Waals surface area contributed by atoms with E-state index in [1.807, 2.05) is 17.9 Å². The van der Waals surface area contributed by atoms with Crippen LogP contribution in [0.3, 0.4) is 0 Å². The number of carbonyl (C=O) groups is 1. The van der Waals surface area contributed by atoms with Gasteiger partial charge in [0.05, 0.1) is 0 Å². The number of piperidine rings is 1. The van der Waals surface area contributed by atoms with Gasteiger partial charge in [0, 0.05) is 51.7 Å². The van der Waals surface area contributed by atoms with Gasteiger partial charge in [-0.05, 0) is 31.7 Å². The van der Waals surface area contributed by atoms with Crippen molar-refractivity contribution in [1.29, 1.82) is 0 Å². The van der Waals surface area contributed by atoms with Crippen molar-refractivity contribution in [2.75, 3.05) is 33.7 Å². The van der Waals surface area contributed by atoms with Crippen LogP contribution in [0.2, 0.25) is 0 Å². The molecular weight excluding hydrogens is 330 g/mol. The van der Waals surface area contributed by atoms with E-state index in [1.165, 1.54) is 8.61 Å². The molecule has 1 aromatic rings. The summed E-state index contributed by atoms with van der Waals surface area (Å²) in [5.74, 6) is 0.210. The maximum atomic E-state index is 12.7. The van der Waals surface area contributed by atoms with Gasteiger partial charge in [0.15, 0.2) is 0 Å². The molecule has 3 fully saturated rings. The summed E-state index contributed by atoms with van der Waals surface area (Å²) < 4.78 is 29.4. The fourth-order valence-corrected chi connectivity index (χ4v) is 4.77. The summed E-state index contributed by atoms with van der Waals surface area (Å²) in [5, 5.41) is 4.17. The first-order valence-corrected chi connectivity index (χ1v) is 9.64. The van der Waals surface area contributed by atoms with E-state index in [1.54, 1.807) is 25.0 Å². The first-order valence-electron chi connectivity index (χ1n) is 8.24. The number of hydrogen-bond acceptors (Lipinski definition) is 4. The molecule has 0 radical (unpaired) electrons. The average molecular weight is 355 g/mol. The summed E-state index contributed by atoms with van der Waals surface area (Å²) in [6, 6.07) is 1.81. The highest BCUT2D eigenvalue weighted by Crippen LogP contribution is 2.30. The molecule has 0 N–H and O–H groups in total. The summed E-state index contributed by atoms with van der Waals surface area (Å²) in [6.45, 7) is 3.62. The van der Waals surface area contributed by atoms with E-state index in [9.17, 15) is 13.2 Å². The second-order valence-electron chi connectivity index (χ2n) is 6.88. The van der Waals surface area contributed by atoms with Gasteiger partial charge in [-0.15, -0.1) is 0 Å². The zero-order valence-corrected chi connectivity index (χ0v) is 15.2. The Balaban J connectivity index is 1.76. The van der Waals surface area contributed by atoms with Gasteiger partial charge in [-0.25, -0.2) is 0 Å². The third kappa shape index (κ3) is 3.20. The van der Waals surface area contributed by atoms with Gasteiger partial charge in [-0.2, -0.15) is 22.1 Å². The Hall–Kier alpha value is -1.45. The molecule has 0 spiro atoms. The van der Waals surface area contributed by atoms with Crippen LogP contribution >= 0.6 is 0 Å². The lowest BCUT2D eigenvalue weighted by molar-refractivity contribution is -0.136. The third-order valence-electron chi connectivity index (χ3n) is 5.00. The Morgan fingerprint density at radius 1 is 1.29 bits per heavy atom. The summed E-state index contributed by atoms with van der Waals surface area (Å²) in [5.41, 5.74) is 0.945. The van der Waals surface area contributed by atoms with Crippen molar-refractivity contribution >= 4 is 16.1 Å². The molecular formula is C15H25N5O3S. The Kier molecular flexibility index (Phi) is 4.67. The first-order chi connectivity index (χ1) is 11.3. The number of nitrogens with zero attached hydrogens (tertiary/aromatic N) is 5. The van der Waals surface area contributed by atoms with Crippen molar-refractivity contribution in [1.82, 2.24) is 23.3 Å². The number of carbonyl (C=O) groups excluding carboxylic acids is 1. The van der Waals surface area contributed by atoms with Gasteiger partial charge in [0.2, 0.25) is 5.91 Å². The lowest BCUT2D eigenvalue weighted by Crippen LogP contribution is -2.49. The van der Waals surface area contributed by atoms with Crippen molar-refractivity contribution in [2.24, 2.45) is 5.92 Å². The van der Waals surface area contributed by atoms with Crippen LogP contribution in [0.1, 0.15) is 18.5 Å². The third-order valence-corrected chi connectivity index (χ3v) is 6.88. The standard InChI is InChI=1S/C15H25N5O3S/c1-12-6-7-16-20(12)11-15(21)19-9-13-4-5-14(19)10-18(8-13)24(22,23)17(2)3/h6-7,13-14H,4-5,8-11H2,1-3H3/t13-,14+/m0/s1. The highest BCUT2D eigenvalue weighted by molar-refractivity contribution is 7.86. The fourth-order valence-electron chi connectivity index (χ4n) is 3.55. The van der Waals surface area contributed by atoms with Crippen LogP contribution < -0.4 is 0 Å². The maximum Gasteiger partial charge on any atom is 0.281 e. The van der Waals surface area contributed by atoms with Gasteiger partial charge in [0.25, 0.3) is 10.2 Å². The molecule has 0 saturated carbocycles. The summed E-state index contributed by atoms with van der Waals surface area (Å²) >= 11 is 0. The molecule has 1 aromatic heterocycles. The highest BCUT2D eigenvalue weighted by atomic mass is 32.2. The molecule has 9 heteroatoms. The van der Waals surface area contributed by atoms with Crippen LogP contribution in [-0.2, 0) is 21.5 Å². The Morgan fingerprint density at radius 3 is 2.67 bits per heavy atom. The van der Waals surface area contributed by atoms with Crippen LogP contribution in [0.25, 0.3) is 0 Å². The first kappa shape index (κ1) is 17.4. The van der Waals surface area contributed by atoms with Crippen LogP contribution in [0.4, 0.5) is 0 Å².